The first-order valence-corrected chi connectivity index (χ1v) is 12.5. The molecule has 2 heterocycles. The molecule has 0 amide bonds. The zero-order valence-corrected chi connectivity index (χ0v) is 22.0. The average molecular weight is 507 g/mol. The van der Waals surface area contributed by atoms with Crippen LogP contribution in [0.2, 0.25) is 0 Å². The molecule has 196 valence electrons. The molecule has 2 aliphatic rings. The number of benzene rings is 2. The van der Waals surface area contributed by atoms with E-state index in [0.29, 0.717) is 23.3 Å². The van der Waals surface area contributed by atoms with Gasteiger partial charge in [0.1, 0.15) is 23.5 Å². The highest BCUT2D eigenvalue weighted by molar-refractivity contribution is 6.00. The predicted octanol–water partition coefficient (Wildman–Crippen LogP) is 5.72. The lowest BCUT2D eigenvalue weighted by Crippen LogP contribution is -2.31. The Morgan fingerprint density at radius 1 is 1.05 bits per heavy atom. The molecule has 7 heteroatoms. The molecule has 7 nitrogen and oxygen atoms in total. The Balaban J connectivity index is 1.86. The second kappa shape index (κ2) is 11.4. The Labute approximate surface area is 218 Å². The number of fused-ring (bicyclic) bond motifs is 2. The molecule has 0 spiro atoms. The van der Waals surface area contributed by atoms with Gasteiger partial charge in [-0.25, -0.2) is 4.79 Å². The van der Waals surface area contributed by atoms with Crippen molar-refractivity contribution in [3.05, 3.63) is 71.3 Å². The summed E-state index contributed by atoms with van der Waals surface area (Å²) in [4.78, 5) is 26.7. The van der Waals surface area contributed by atoms with E-state index in [1.807, 2.05) is 69.3 Å². The van der Waals surface area contributed by atoms with Crippen LogP contribution >= 0.6 is 0 Å². The number of cyclic esters (lactones) is 1. The number of Topliss-reactive ketones (excluding diaryl/α,β-unsaturated/α-hetero) is 1. The van der Waals surface area contributed by atoms with Crippen LogP contribution in [-0.2, 0) is 23.7 Å². The fraction of sp³-hybridized carbons (Fsp3) is 0.400. The maximum absolute atomic E-state index is 13.6. The van der Waals surface area contributed by atoms with Gasteiger partial charge in [0.15, 0.2) is 18.4 Å². The molecule has 1 saturated heterocycles. The molecule has 0 aromatic heterocycles. The molecular formula is C30H34O7. The van der Waals surface area contributed by atoms with Crippen LogP contribution in [0.3, 0.4) is 0 Å². The summed E-state index contributed by atoms with van der Waals surface area (Å²) in [5.41, 5.74) is 3.51. The lowest BCUT2D eigenvalue weighted by atomic mass is 9.93. The van der Waals surface area contributed by atoms with Gasteiger partial charge in [-0.1, -0.05) is 54.6 Å². The van der Waals surface area contributed by atoms with E-state index in [-0.39, 0.29) is 19.0 Å². The number of rotatable bonds is 4. The van der Waals surface area contributed by atoms with E-state index in [0.717, 1.165) is 16.7 Å². The van der Waals surface area contributed by atoms with Gasteiger partial charge in [-0.2, -0.15) is 0 Å². The van der Waals surface area contributed by atoms with Crippen molar-refractivity contribution in [3.63, 3.8) is 0 Å². The van der Waals surface area contributed by atoms with Crippen LogP contribution < -0.4 is 4.74 Å². The highest BCUT2D eigenvalue weighted by atomic mass is 16.8. The van der Waals surface area contributed by atoms with E-state index >= 15 is 0 Å². The predicted molar refractivity (Wildman–Crippen MR) is 140 cm³/mol. The number of methoxy groups -OCH3 is 1. The molecule has 3 atom stereocenters. The van der Waals surface area contributed by atoms with Crippen LogP contribution in [0.25, 0.3) is 17.2 Å². The average Bonchev–Trinajstić information content (AvgIpc) is 3.19. The zero-order valence-electron chi connectivity index (χ0n) is 22.0. The van der Waals surface area contributed by atoms with Crippen molar-refractivity contribution in [2.45, 2.75) is 64.6 Å². The van der Waals surface area contributed by atoms with Crippen LogP contribution in [0.4, 0.5) is 0 Å². The Morgan fingerprint density at radius 2 is 1.81 bits per heavy atom. The third-order valence-corrected chi connectivity index (χ3v) is 6.53. The monoisotopic (exact) mass is 506 g/mol. The van der Waals surface area contributed by atoms with Gasteiger partial charge in [-0.3, -0.25) is 4.79 Å². The molecule has 0 saturated carbocycles. The summed E-state index contributed by atoms with van der Waals surface area (Å²) >= 11 is 0. The zero-order chi connectivity index (χ0) is 26.6. The van der Waals surface area contributed by atoms with Crippen molar-refractivity contribution in [3.8, 4) is 16.9 Å². The minimum absolute atomic E-state index is 0.0191. The van der Waals surface area contributed by atoms with E-state index < -0.39 is 30.1 Å². The Kier molecular flexibility index (Phi) is 8.27. The summed E-state index contributed by atoms with van der Waals surface area (Å²) in [5.74, 6) is -1.10. The number of allylic oxidation sites excluding steroid dienone is 1. The Morgan fingerprint density at radius 3 is 2.54 bits per heavy atom. The van der Waals surface area contributed by atoms with E-state index in [2.05, 4.69) is 0 Å². The van der Waals surface area contributed by atoms with Crippen molar-refractivity contribution >= 4 is 17.8 Å². The molecule has 2 aromatic rings. The molecule has 2 aromatic carbocycles. The minimum atomic E-state index is -0.869. The third-order valence-electron chi connectivity index (χ3n) is 6.53. The van der Waals surface area contributed by atoms with Gasteiger partial charge in [0.2, 0.25) is 0 Å². The van der Waals surface area contributed by atoms with E-state index in [1.165, 1.54) is 7.11 Å². The van der Waals surface area contributed by atoms with Gasteiger partial charge >= 0.3 is 5.97 Å². The minimum Gasteiger partial charge on any atom is -0.467 e. The normalized spacial score (nSPS) is 23.9. The molecule has 0 unspecified atom stereocenters. The largest absolute Gasteiger partial charge is 0.467 e. The first-order valence-electron chi connectivity index (χ1n) is 12.5. The maximum Gasteiger partial charge on any atom is 0.343 e. The summed E-state index contributed by atoms with van der Waals surface area (Å²) in [7, 11) is 1.52. The van der Waals surface area contributed by atoms with Crippen molar-refractivity contribution < 1.29 is 33.3 Å². The second-order valence-corrected chi connectivity index (χ2v) is 9.72. The molecule has 0 bridgehead atoms. The first-order chi connectivity index (χ1) is 17.7. The van der Waals surface area contributed by atoms with Gasteiger partial charge in [0, 0.05) is 19.1 Å². The fourth-order valence-corrected chi connectivity index (χ4v) is 4.55. The summed E-state index contributed by atoms with van der Waals surface area (Å²) in [6, 6.07) is 13.5. The summed E-state index contributed by atoms with van der Waals surface area (Å²) < 4.78 is 28.8. The van der Waals surface area contributed by atoms with Crippen molar-refractivity contribution in [2.24, 2.45) is 0 Å². The van der Waals surface area contributed by atoms with Gasteiger partial charge in [0.25, 0.3) is 0 Å². The van der Waals surface area contributed by atoms with Crippen LogP contribution in [0, 0.1) is 0 Å². The number of esters is 1. The number of hydrogen-bond donors (Lipinski definition) is 0. The summed E-state index contributed by atoms with van der Waals surface area (Å²) in [6.07, 6.45) is 4.46. The molecule has 0 aliphatic carbocycles. The standard InChI is InChI=1S/C30H34O7/c1-19-14-16-24(31)28-26(36-30(3,4)37-28)13-9-12-23-22(21-10-7-6-8-11-21)15-17-25(34-18-33-5)27(23)29(32)35-20(19)2/h6-12,14-15,17,20,26,28H,13,16,18H2,1-5H3/t20-,26-,28+/m0/s1. The SMILES string of the molecule is COCOc1ccc(-c2ccccc2)c2c1C(=O)O[C@@H](C)C(C)=CCC(=O)[C@H]1OC(C)(C)O[C@H]1CC=C2. The summed E-state index contributed by atoms with van der Waals surface area (Å²) in [5, 5.41) is 0. The van der Waals surface area contributed by atoms with Gasteiger partial charge in [-0.05, 0) is 56.9 Å². The number of carbonyl (C=O) groups is 2. The molecule has 0 radical (unpaired) electrons. The van der Waals surface area contributed by atoms with Crippen molar-refractivity contribution in [2.75, 3.05) is 13.9 Å². The highest BCUT2D eigenvalue weighted by Crippen LogP contribution is 2.36. The lowest BCUT2D eigenvalue weighted by molar-refractivity contribution is -0.154. The van der Waals surface area contributed by atoms with Crippen LogP contribution in [0.1, 0.15) is 56.5 Å². The van der Waals surface area contributed by atoms with E-state index in [4.69, 9.17) is 23.7 Å². The van der Waals surface area contributed by atoms with Crippen molar-refractivity contribution in [1.82, 2.24) is 0 Å². The topological polar surface area (TPSA) is 80.3 Å². The molecule has 0 N–H and O–H groups in total. The molecule has 1 fully saturated rings. The lowest BCUT2D eigenvalue weighted by Gasteiger charge is -2.20. The van der Waals surface area contributed by atoms with Crippen LogP contribution in [-0.4, -0.2) is 49.8 Å². The van der Waals surface area contributed by atoms with Crippen molar-refractivity contribution in [1.29, 1.82) is 0 Å². The smallest absolute Gasteiger partial charge is 0.343 e. The molecular weight excluding hydrogens is 472 g/mol. The van der Waals surface area contributed by atoms with Crippen LogP contribution in [0.15, 0.2) is 60.2 Å². The Hall–Kier alpha value is -3.26. The van der Waals surface area contributed by atoms with Gasteiger partial charge in [-0.15, -0.1) is 0 Å². The fourth-order valence-electron chi connectivity index (χ4n) is 4.55. The maximum atomic E-state index is 13.6. The second-order valence-electron chi connectivity index (χ2n) is 9.72. The highest BCUT2D eigenvalue weighted by Gasteiger charge is 2.44. The summed E-state index contributed by atoms with van der Waals surface area (Å²) in [6.45, 7) is 7.22. The van der Waals surface area contributed by atoms with Gasteiger partial charge in [0.05, 0.1) is 6.10 Å². The number of ether oxygens (including phenoxy) is 5. The van der Waals surface area contributed by atoms with Gasteiger partial charge < -0.3 is 23.7 Å². The first kappa shape index (κ1) is 26.8. The number of ketones is 1. The Bertz CT molecular complexity index is 1200. The quantitative estimate of drug-likeness (QED) is 0.298. The molecule has 2 aliphatic heterocycles. The van der Waals surface area contributed by atoms with E-state index in [9.17, 15) is 9.59 Å². The molecule has 4 rings (SSSR count). The van der Waals surface area contributed by atoms with E-state index in [1.54, 1.807) is 19.1 Å². The molecule has 37 heavy (non-hydrogen) atoms. The third kappa shape index (κ3) is 6.18. The number of hydrogen-bond acceptors (Lipinski definition) is 7. The van der Waals surface area contributed by atoms with Crippen LogP contribution in [0.5, 0.6) is 5.75 Å². The number of carbonyl (C=O) groups excluding carboxylic acids is 2.